The summed E-state index contributed by atoms with van der Waals surface area (Å²) < 4.78 is 0. The number of nitrogens with zero attached hydrogens (tertiary/aromatic N) is 1. The Balaban J connectivity index is 1.55. The van der Waals surface area contributed by atoms with Gasteiger partial charge in [-0.25, -0.2) is 0 Å². The Morgan fingerprint density at radius 2 is 1.92 bits per heavy atom. The van der Waals surface area contributed by atoms with E-state index in [-0.39, 0.29) is 5.91 Å². The number of fused-ring (bicyclic) bond motifs is 1. The number of rotatable bonds is 6. The minimum atomic E-state index is 0.0139. The summed E-state index contributed by atoms with van der Waals surface area (Å²) in [6, 6.07) is 17.6. The Labute approximate surface area is 150 Å². The molecule has 1 heterocycles. The minimum absolute atomic E-state index is 0.0139. The van der Waals surface area contributed by atoms with Gasteiger partial charge in [0.2, 0.25) is 5.91 Å². The van der Waals surface area contributed by atoms with Gasteiger partial charge in [0.25, 0.3) is 0 Å². The van der Waals surface area contributed by atoms with E-state index in [9.17, 15) is 4.79 Å². The molecule has 2 aromatic carbocycles. The van der Waals surface area contributed by atoms with E-state index >= 15 is 0 Å². The lowest BCUT2D eigenvalue weighted by Crippen LogP contribution is -2.27. The second-order valence-corrected chi connectivity index (χ2v) is 6.73. The molecule has 3 nitrogen and oxygen atoms in total. The predicted molar refractivity (Wildman–Crippen MR) is 101 cm³/mol. The topological polar surface area (TPSA) is 42.0 Å². The monoisotopic (exact) mass is 356 g/mol. The van der Waals surface area contributed by atoms with E-state index in [1.165, 1.54) is 11.8 Å². The number of amides is 1. The molecule has 24 heavy (non-hydrogen) atoms. The molecule has 0 atom stereocenters. The van der Waals surface area contributed by atoms with Crippen molar-refractivity contribution in [2.45, 2.75) is 11.3 Å². The highest BCUT2D eigenvalue weighted by Crippen LogP contribution is 2.32. The minimum Gasteiger partial charge on any atom is -0.355 e. The standard InChI is InChI=1S/C19H17ClN2OS/c20-16-8-3-5-14-6-4-9-17(19(14)16)24-13-18(23)22-12-10-15-7-1-2-11-21-15/h1-9,11H,10,12-13H2,(H,22,23). The molecule has 5 heteroatoms. The van der Waals surface area contributed by atoms with Crippen LogP contribution < -0.4 is 5.32 Å². The Morgan fingerprint density at radius 3 is 2.71 bits per heavy atom. The number of benzene rings is 2. The molecule has 0 saturated heterocycles. The van der Waals surface area contributed by atoms with Crippen molar-refractivity contribution in [2.24, 2.45) is 0 Å². The SMILES string of the molecule is O=C(CSc1cccc2cccc(Cl)c12)NCCc1ccccn1. The number of aromatic nitrogens is 1. The van der Waals surface area contributed by atoms with E-state index in [1.54, 1.807) is 6.20 Å². The van der Waals surface area contributed by atoms with Gasteiger partial charge in [0.05, 0.1) is 5.75 Å². The summed E-state index contributed by atoms with van der Waals surface area (Å²) in [5, 5.41) is 5.74. The van der Waals surface area contributed by atoms with Gasteiger partial charge in [-0.15, -0.1) is 11.8 Å². The van der Waals surface area contributed by atoms with Crippen LogP contribution in [0.2, 0.25) is 5.02 Å². The first kappa shape index (κ1) is 16.8. The van der Waals surface area contributed by atoms with Crippen molar-refractivity contribution in [1.29, 1.82) is 0 Å². The Hall–Kier alpha value is -2.04. The van der Waals surface area contributed by atoms with Crippen LogP contribution in [0.25, 0.3) is 10.8 Å². The number of hydrogen-bond acceptors (Lipinski definition) is 3. The van der Waals surface area contributed by atoms with Crippen molar-refractivity contribution in [2.75, 3.05) is 12.3 Å². The lowest BCUT2D eigenvalue weighted by Gasteiger charge is -2.08. The molecule has 0 unspecified atom stereocenters. The van der Waals surface area contributed by atoms with Gasteiger partial charge in [0.1, 0.15) is 0 Å². The molecule has 0 bridgehead atoms. The van der Waals surface area contributed by atoms with Crippen LogP contribution in [0.1, 0.15) is 5.69 Å². The largest absolute Gasteiger partial charge is 0.355 e. The van der Waals surface area contributed by atoms with Crippen molar-refractivity contribution in [3.8, 4) is 0 Å². The predicted octanol–water partition coefficient (Wildman–Crippen LogP) is 4.34. The summed E-state index contributed by atoms with van der Waals surface area (Å²) >= 11 is 7.81. The molecule has 0 spiro atoms. The summed E-state index contributed by atoms with van der Waals surface area (Å²) in [7, 11) is 0. The highest BCUT2D eigenvalue weighted by Gasteiger charge is 2.08. The number of thioether (sulfide) groups is 1. The Morgan fingerprint density at radius 1 is 1.08 bits per heavy atom. The van der Waals surface area contributed by atoms with Gasteiger partial charge in [-0.3, -0.25) is 9.78 Å². The van der Waals surface area contributed by atoms with Gasteiger partial charge >= 0.3 is 0 Å². The first-order valence-electron chi connectivity index (χ1n) is 7.71. The van der Waals surface area contributed by atoms with Crippen LogP contribution in [-0.2, 0) is 11.2 Å². The average Bonchev–Trinajstić information content (AvgIpc) is 2.61. The van der Waals surface area contributed by atoms with Crippen molar-refractivity contribution >= 4 is 40.0 Å². The fourth-order valence-corrected chi connectivity index (χ4v) is 3.73. The second kappa shape index (κ2) is 8.18. The van der Waals surface area contributed by atoms with Gasteiger partial charge in [0, 0.05) is 40.2 Å². The molecule has 3 aromatic rings. The number of halogens is 1. The summed E-state index contributed by atoms with van der Waals surface area (Å²) in [4.78, 5) is 17.3. The molecule has 0 saturated carbocycles. The van der Waals surface area contributed by atoms with Gasteiger partial charge in [0.15, 0.2) is 0 Å². The number of nitrogens with one attached hydrogen (secondary N) is 1. The third-order valence-electron chi connectivity index (χ3n) is 3.60. The molecule has 122 valence electrons. The van der Waals surface area contributed by atoms with Crippen LogP contribution in [0.4, 0.5) is 0 Å². The van der Waals surface area contributed by atoms with Crippen LogP contribution in [-0.4, -0.2) is 23.2 Å². The smallest absolute Gasteiger partial charge is 0.230 e. The fraction of sp³-hybridized carbons (Fsp3) is 0.158. The normalized spacial score (nSPS) is 10.7. The molecule has 3 rings (SSSR count). The fourth-order valence-electron chi connectivity index (χ4n) is 2.45. The quantitative estimate of drug-likeness (QED) is 0.668. The number of carbonyl (C=O) groups excluding carboxylic acids is 1. The van der Waals surface area contributed by atoms with Crippen LogP contribution in [0.5, 0.6) is 0 Å². The van der Waals surface area contributed by atoms with Crippen LogP contribution in [0.15, 0.2) is 65.7 Å². The maximum Gasteiger partial charge on any atom is 0.230 e. The third-order valence-corrected chi connectivity index (χ3v) is 4.98. The van der Waals surface area contributed by atoms with E-state index in [1.807, 2.05) is 54.6 Å². The van der Waals surface area contributed by atoms with Crippen LogP contribution >= 0.6 is 23.4 Å². The molecule has 0 fully saturated rings. The zero-order valence-corrected chi connectivity index (χ0v) is 14.6. The lowest BCUT2D eigenvalue weighted by molar-refractivity contribution is -0.118. The maximum atomic E-state index is 12.0. The van der Waals surface area contributed by atoms with Crippen molar-refractivity contribution < 1.29 is 4.79 Å². The number of carbonyl (C=O) groups is 1. The maximum absolute atomic E-state index is 12.0. The van der Waals surface area contributed by atoms with Crippen molar-refractivity contribution in [3.05, 3.63) is 71.5 Å². The van der Waals surface area contributed by atoms with E-state index in [0.29, 0.717) is 17.3 Å². The molecule has 0 aliphatic rings. The van der Waals surface area contributed by atoms with Gasteiger partial charge in [-0.05, 0) is 29.7 Å². The molecule has 0 aliphatic carbocycles. The van der Waals surface area contributed by atoms with Gasteiger partial charge in [-0.2, -0.15) is 0 Å². The highest BCUT2D eigenvalue weighted by atomic mass is 35.5. The summed E-state index contributed by atoms with van der Waals surface area (Å²) in [5.74, 6) is 0.381. The number of hydrogen-bond donors (Lipinski definition) is 1. The highest BCUT2D eigenvalue weighted by molar-refractivity contribution is 8.00. The molecule has 1 amide bonds. The van der Waals surface area contributed by atoms with E-state index < -0.39 is 0 Å². The Bertz CT molecular complexity index is 834. The molecule has 1 N–H and O–H groups in total. The lowest BCUT2D eigenvalue weighted by atomic mass is 10.1. The first-order valence-corrected chi connectivity index (χ1v) is 9.07. The zero-order valence-electron chi connectivity index (χ0n) is 13.0. The molecule has 0 aliphatic heterocycles. The average molecular weight is 357 g/mol. The third kappa shape index (κ3) is 4.28. The number of pyridine rings is 1. The molecular weight excluding hydrogens is 340 g/mol. The first-order chi connectivity index (χ1) is 11.7. The summed E-state index contributed by atoms with van der Waals surface area (Å²) in [6.45, 7) is 0.590. The van der Waals surface area contributed by atoms with Crippen LogP contribution in [0.3, 0.4) is 0 Å². The van der Waals surface area contributed by atoms with Gasteiger partial charge < -0.3 is 5.32 Å². The Kier molecular flexibility index (Phi) is 5.72. The second-order valence-electron chi connectivity index (χ2n) is 5.30. The van der Waals surface area contributed by atoms with E-state index in [0.717, 1.165) is 27.8 Å². The van der Waals surface area contributed by atoms with Crippen molar-refractivity contribution in [1.82, 2.24) is 10.3 Å². The molecular formula is C19H17ClN2OS. The van der Waals surface area contributed by atoms with Crippen molar-refractivity contribution in [3.63, 3.8) is 0 Å². The van der Waals surface area contributed by atoms with E-state index in [2.05, 4.69) is 10.3 Å². The van der Waals surface area contributed by atoms with Crippen LogP contribution in [0, 0.1) is 0 Å². The summed E-state index contributed by atoms with van der Waals surface area (Å²) in [6.07, 6.45) is 2.49. The van der Waals surface area contributed by atoms with Gasteiger partial charge in [-0.1, -0.05) is 41.9 Å². The van der Waals surface area contributed by atoms with E-state index in [4.69, 9.17) is 11.6 Å². The zero-order chi connectivity index (χ0) is 16.8. The molecule has 1 aromatic heterocycles. The summed E-state index contributed by atoms with van der Waals surface area (Å²) in [5.41, 5.74) is 0.978. The molecule has 0 radical (unpaired) electrons.